The summed E-state index contributed by atoms with van der Waals surface area (Å²) in [6.45, 7) is 14.0. The molecule has 0 heterocycles. The molecule has 0 aliphatic heterocycles. The van der Waals surface area contributed by atoms with Gasteiger partial charge in [0.1, 0.15) is 0 Å². The third-order valence-electron chi connectivity index (χ3n) is 4.08. The van der Waals surface area contributed by atoms with Crippen LogP contribution in [0.3, 0.4) is 0 Å². The molecule has 17 heavy (non-hydrogen) atoms. The maximum atomic E-state index is 2.51. The Morgan fingerprint density at radius 2 is 1.12 bits per heavy atom. The van der Waals surface area contributed by atoms with Crippen molar-refractivity contribution in [1.82, 2.24) is 0 Å². The first-order chi connectivity index (χ1) is 7.75. The molecule has 0 aromatic carbocycles. The summed E-state index contributed by atoms with van der Waals surface area (Å²) in [5.41, 5.74) is 6.06. The molecule has 0 aromatic rings. The van der Waals surface area contributed by atoms with Crippen molar-refractivity contribution in [3.05, 3.63) is 46.6 Å². The second-order valence-corrected chi connectivity index (χ2v) is 11.7. The summed E-state index contributed by atoms with van der Waals surface area (Å²) in [6.07, 6.45) is 9.76. The second kappa shape index (κ2) is 4.20. The van der Waals surface area contributed by atoms with Gasteiger partial charge in [0.05, 0.1) is 0 Å². The zero-order valence-corrected chi connectivity index (χ0v) is 14.3. The van der Waals surface area contributed by atoms with Crippen LogP contribution in [0.15, 0.2) is 46.6 Å². The van der Waals surface area contributed by atoms with Crippen LogP contribution in [0.5, 0.6) is 0 Å². The molecule has 0 spiro atoms. The number of allylic oxidation sites excluding steroid dienone is 8. The van der Waals surface area contributed by atoms with Gasteiger partial charge < -0.3 is 0 Å². The molecule has 0 bridgehead atoms. The van der Waals surface area contributed by atoms with Crippen LogP contribution < -0.4 is 0 Å². The van der Waals surface area contributed by atoms with Crippen molar-refractivity contribution in [2.24, 2.45) is 0 Å². The van der Waals surface area contributed by atoms with Crippen LogP contribution in [0, 0.1) is 0 Å². The van der Waals surface area contributed by atoms with Crippen LogP contribution in [0.25, 0.3) is 0 Å². The van der Waals surface area contributed by atoms with Gasteiger partial charge in [0.25, 0.3) is 0 Å². The van der Waals surface area contributed by atoms with Crippen molar-refractivity contribution < 1.29 is 23.2 Å². The van der Waals surface area contributed by atoms with E-state index in [0.717, 1.165) is 0 Å². The van der Waals surface area contributed by atoms with Crippen molar-refractivity contribution in [3.8, 4) is 0 Å². The van der Waals surface area contributed by atoms with Gasteiger partial charge in [-0.25, -0.2) is 0 Å². The van der Waals surface area contributed by atoms with Gasteiger partial charge in [-0.3, -0.25) is 0 Å². The third kappa shape index (κ3) is 2.36. The molecule has 0 nitrogen and oxygen atoms in total. The third-order valence-corrected chi connectivity index (χ3v) is 9.28. The minimum atomic E-state index is -0.603. The standard InChI is InChI=1S/2C8H11.Zr/c2*1-6-4-7(2)8(3)5-6;/h2*4-5H,1-3H3;. The van der Waals surface area contributed by atoms with Crippen LogP contribution in [0.1, 0.15) is 41.5 Å². The molecule has 2 unspecified atom stereocenters. The summed E-state index contributed by atoms with van der Waals surface area (Å²) >= 11 is -0.603. The zero-order valence-electron chi connectivity index (χ0n) is 11.8. The summed E-state index contributed by atoms with van der Waals surface area (Å²) in [7, 11) is 0. The first kappa shape index (κ1) is 13.3. The van der Waals surface area contributed by atoms with Gasteiger partial charge >= 0.3 is 118 Å². The molecule has 2 rings (SSSR count). The molecule has 1 heteroatoms. The van der Waals surface area contributed by atoms with Gasteiger partial charge in [-0.15, -0.1) is 0 Å². The second-order valence-electron chi connectivity index (χ2n) is 5.96. The van der Waals surface area contributed by atoms with E-state index in [1.165, 1.54) is 11.1 Å². The SMILES string of the molecule is CC1=C[C](C)([Zr][C]2(C)C=C(C)C=C2C)C(C)=C1. The predicted molar refractivity (Wildman–Crippen MR) is 71.8 cm³/mol. The summed E-state index contributed by atoms with van der Waals surface area (Å²) in [6, 6.07) is 0. The molecule has 0 fully saturated rings. The number of rotatable bonds is 2. The van der Waals surface area contributed by atoms with Crippen molar-refractivity contribution in [2.45, 2.75) is 47.8 Å². The van der Waals surface area contributed by atoms with Crippen LogP contribution >= 0.6 is 0 Å². The fraction of sp³-hybridized carbons (Fsp3) is 0.500. The molecule has 0 aromatic heterocycles. The van der Waals surface area contributed by atoms with E-state index in [4.69, 9.17) is 0 Å². The Morgan fingerprint density at radius 3 is 1.35 bits per heavy atom. The molecule has 2 atom stereocenters. The Hall–Kier alpha value is -0.157. The molecule has 0 amide bonds. The molecule has 90 valence electrons. The number of hydrogen-bond acceptors (Lipinski definition) is 0. The molecule has 0 N–H and O–H groups in total. The maximum absolute atomic E-state index is 2.51. The number of hydrogen-bond donors (Lipinski definition) is 0. The van der Waals surface area contributed by atoms with E-state index in [2.05, 4.69) is 65.8 Å². The molecule has 2 aliphatic carbocycles. The fourth-order valence-corrected chi connectivity index (χ4v) is 8.46. The van der Waals surface area contributed by atoms with Crippen LogP contribution in [0.2, 0.25) is 6.25 Å². The van der Waals surface area contributed by atoms with Gasteiger partial charge in [0, 0.05) is 0 Å². The van der Waals surface area contributed by atoms with E-state index in [-0.39, 0.29) is 0 Å². The van der Waals surface area contributed by atoms with E-state index < -0.39 is 23.2 Å². The topological polar surface area (TPSA) is 0 Å². The Labute approximate surface area is 117 Å². The molecule has 0 saturated heterocycles. The Kier molecular flexibility index (Phi) is 3.28. The molecular formula is C16H22Zr. The van der Waals surface area contributed by atoms with Crippen molar-refractivity contribution >= 4 is 0 Å². The average Bonchev–Trinajstić information content (AvgIpc) is 2.51. The van der Waals surface area contributed by atoms with Crippen molar-refractivity contribution in [1.29, 1.82) is 0 Å². The van der Waals surface area contributed by atoms with E-state index in [1.54, 1.807) is 11.1 Å². The van der Waals surface area contributed by atoms with E-state index >= 15 is 0 Å². The Bertz CT molecular complexity index is 432. The quantitative estimate of drug-likeness (QED) is 0.654. The van der Waals surface area contributed by atoms with Crippen molar-refractivity contribution in [3.63, 3.8) is 0 Å². The summed E-state index contributed by atoms with van der Waals surface area (Å²) in [4.78, 5) is 0. The zero-order chi connectivity index (χ0) is 12.8. The molecular weight excluding hydrogens is 283 g/mol. The van der Waals surface area contributed by atoms with Crippen LogP contribution in [0.4, 0.5) is 0 Å². The monoisotopic (exact) mass is 304 g/mol. The summed E-state index contributed by atoms with van der Waals surface area (Å²) in [5.74, 6) is 0. The van der Waals surface area contributed by atoms with E-state index in [1.807, 2.05) is 0 Å². The first-order valence-electron chi connectivity index (χ1n) is 6.31. The summed E-state index contributed by atoms with van der Waals surface area (Å²) < 4.78 is 0.802. The molecule has 0 saturated carbocycles. The molecule has 2 aliphatic rings. The first-order valence-corrected chi connectivity index (χ1v) is 8.77. The van der Waals surface area contributed by atoms with Gasteiger partial charge in [0.15, 0.2) is 0 Å². The summed E-state index contributed by atoms with van der Waals surface area (Å²) in [5, 5.41) is 0. The molecule has 0 radical (unpaired) electrons. The van der Waals surface area contributed by atoms with E-state index in [0.29, 0.717) is 6.25 Å². The van der Waals surface area contributed by atoms with Gasteiger partial charge in [0.2, 0.25) is 0 Å². The van der Waals surface area contributed by atoms with Crippen molar-refractivity contribution in [2.75, 3.05) is 0 Å². The predicted octanol–water partition coefficient (Wildman–Crippen LogP) is 5.24. The fourth-order valence-electron chi connectivity index (χ4n) is 3.01. The van der Waals surface area contributed by atoms with Gasteiger partial charge in [-0.2, -0.15) is 0 Å². The van der Waals surface area contributed by atoms with Gasteiger partial charge in [-0.05, 0) is 0 Å². The van der Waals surface area contributed by atoms with Crippen LogP contribution in [-0.4, -0.2) is 0 Å². The van der Waals surface area contributed by atoms with Crippen LogP contribution in [-0.2, 0) is 23.2 Å². The van der Waals surface area contributed by atoms with Gasteiger partial charge in [-0.1, -0.05) is 0 Å². The van der Waals surface area contributed by atoms with E-state index in [9.17, 15) is 0 Å². The minimum absolute atomic E-state index is 0.401. The Balaban J connectivity index is 2.30. The normalized spacial score (nSPS) is 36.4. The Morgan fingerprint density at radius 1 is 0.765 bits per heavy atom. The average molecular weight is 306 g/mol.